The molecule has 1 aromatic carbocycles. The van der Waals surface area contributed by atoms with E-state index in [2.05, 4.69) is 31.2 Å². The standard InChI is InChI=1S/C23H18N6O2/c1-2-14-7-10-29-16(12-25-23(29)26-14)17-18(22(31)27-21(17)30)19-15-5-3-4-13-6-9-28(20(13)15)11-8-24-19/h3-5,7-8,10-12H,2,6,9H2,1H3,(H,27,30,31). The molecule has 0 unspecified atom stereocenters. The molecule has 31 heavy (non-hydrogen) atoms. The van der Waals surface area contributed by atoms with Crippen LogP contribution in [0.5, 0.6) is 0 Å². The number of aryl methyl sites for hydroxylation is 1. The third-order valence-corrected chi connectivity index (χ3v) is 5.96. The molecule has 3 aromatic rings. The van der Waals surface area contributed by atoms with E-state index in [-0.39, 0.29) is 11.1 Å². The van der Waals surface area contributed by atoms with Crippen LogP contribution in [0.25, 0.3) is 11.4 Å². The number of anilines is 1. The highest BCUT2D eigenvalue weighted by atomic mass is 16.2. The maximum absolute atomic E-state index is 13.0. The van der Waals surface area contributed by atoms with Crippen LogP contribution in [0.15, 0.2) is 59.6 Å². The van der Waals surface area contributed by atoms with Gasteiger partial charge in [-0.3, -0.25) is 24.3 Å². The van der Waals surface area contributed by atoms with Crippen LogP contribution in [0, 0.1) is 0 Å². The molecule has 8 heteroatoms. The first-order valence-electron chi connectivity index (χ1n) is 10.2. The van der Waals surface area contributed by atoms with Gasteiger partial charge in [0.15, 0.2) is 0 Å². The zero-order valence-electron chi connectivity index (χ0n) is 16.8. The molecule has 0 saturated carbocycles. The van der Waals surface area contributed by atoms with Crippen LogP contribution in [0.1, 0.15) is 29.4 Å². The van der Waals surface area contributed by atoms with Gasteiger partial charge in [0.25, 0.3) is 11.8 Å². The monoisotopic (exact) mass is 410 g/mol. The van der Waals surface area contributed by atoms with Gasteiger partial charge < -0.3 is 4.90 Å². The summed E-state index contributed by atoms with van der Waals surface area (Å²) in [5.74, 6) is -0.422. The van der Waals surface area contributed by atoms with E-state index in [1.54, 1.807) is 16.8 Å². The molecule has 3 aliphatic rings. The van der Waals surface area contributed by atoms with Crippen LogP contribution < -0.4 is 10.2 Å². The van der Waals surface area contributed by atoms with Gasteiger partial charge in [0.1, 0.15) is 0 Å². The molecular formula is C23H18N6O2. The van der Waals surface area contributed by atoms with E-state index < -0.39 is 11.8 Å². The van der Waals surface area contributed by atoms with E-state index in [1.165, 1.54) is 5.56 Å². The summed E-state index contributed by atoms with van der Waals surface area (Å²) in [6.07, 6.45) is 8.74. The van der Waals surface area contributed by atoms with Crippen molar-refractivity contribution in [1.82, 2.24) is 19.7 Å². The largest absolute Gasteiger partial charge is 0.345 e. The van der Waals surface area contributed by atoms with Crippen molar-refractivity contribution in [2.24, 2.45) is 4.99 Å². The molecule has 3 aliphatic heterocycles. The Morgan fingerprint density at radius 2 is 2.00 bits per heavy atom. The molecule has 0 bridgehead atoms. The first-order chi connectivity index (χ1) is 15.2. The number of fused-ring (bicyclic) bond motifs is 1. The van der Waals surface area contributed by atoms with Gasteiger partial charge in [-0.05, 0) is 24.5 Å². The zero-order chi connectivity index (χ0) is 21.1. The summed E-state index contributed by atoms with van der Waals surface area (Å²) in [4.78, 5) is 41.5. The number of imidazole rings is 1. The number of imide groups is 1. The third kappa shape index (κ3) is 2.51. The lowest BCUT2D eigenvalue weighted by Crippen LogP contribution is -2.25. The van der Waals surface area contributed by atoms with Crippen molar-refractivity contribution in [2.45, 2.75) is 19.8 Å². The lowest BCUT2D eigenvalue weighted by atomic mass is 9.94. The number of rotatable bonds is 3. The van der Waals surface area contributed by atoms with E-state index >= 15 is 0 Å². The Hall–Kier alpha value is -4.07. The highest BCUT2D eigenvalue weighted by molar-refractivity contribution is 6.47. The lowest BCUT2D eigenvalue weighted by Gasteiger charge is -2.17. The van der Waals surface area contributed by atoms with E-state index in [0.29, 0.717) is 17.2 Å². The highest BCUT2D eigenvalue weighted by Crippen LogP contribution is 2.37. The highest BCUT2D eigenvalue weighted by Gasteiger charge is 2.38. The van der Waals surface area contributed by atoms with Gasteiger partial charge >= 0.3 is 0 Å². The summed E-state index contributed by atoms with van der Waals surface area (Å²) in [6.45, 7) is 2.88. The van der Waals surface area contributed by atoms with Gasteiger partial charge in [0, 0.05) is 36.4 Å². The van der Waals surface area contributed by atoms with E-state index in [4.69, 9.17) is 0 Å². The van der Waals surface area contributed by atoms with Crippen LogP contribution in [0.3, 0.4) is 0 Å². The van der Waals surface area contributed by atoms with Crippen LogP contribution in [0.4, 0.5) is 5.69 Å². The molecule has 0 radical (unpaired) electrons. The Kier molecular flexibility index (Phi) is 3.70. The average Bonchev–Trinajstić information content (AvgIpc) is 3.42. The summed E-state index contributed by atoms with van der Waals surface area (Å²) in [5, 5.41) is 2.45. The number of nitrogens with zero attached hydrogens (tertiary/aromatic N) is 5. The molecule has 5 heterocycles. The summed E-state index contributed by atoms with van der Waals surface area (Å²) >= 11 is 0. The summed E-state index contributed by atoms with van der Waals surface area (Å²) in [7, 11) is 0. The van der Waals surface area contributed by atoms with Crippen molar-refractivity contribution in [3.8, 4) is 0 Å². The van der Waals surface area contributed by atoms with Crippen molar-refractivity contribution in [1.29, 1.82) is 0 Å². The molecular weight excluding hydrogens is 392 g/mol. The maximum Gasteiger partial charge on any atom is 0.261 e. The molecule has 0 atom stereocenters. The van der Waals surface area contributed by atoms with Crippen molar-refractivity contribution in [2.75, 3.05) is 11.4 Å². The zero-order valence-corrected chi connectivity index (χ0v) is 16.8. The minimum absolute atomic E-state index is 0.262. The van der Waals surface area contributed by atoms with E-state index in [0.717, 1.165) is 36.3 Å². The quantitative estimate of drug-likeness (QED) is 0.667. The van der Waals surface area contributed by atoms with Gasteiger partial charge in [0.05, 0.1) is 34.4 Å². The Bertz CT molecular complexity index is 1390. The Morgan fingerprint density at radius 3 is 2.87 bits per heavy atom. The van der Waals surface area contributed by atoms with Crippen molar-refractivity contribution < 1.29 is 9.59 Å². The fraction of sp³-hybridized carbons (Fsp3) is 0.174. The number of amides is 2. The number of para-hydroxylation sites is 1. The summed E-state index contributed by atoms with van der Waals surface area (Å²) in [6, 6.07) is 7.90. The smallest absolute Gasteiger partial charge is 0.261 e. The predicted molar refractivity (Wildman–Crippen MR) is 116 cm³/mol. The molecule has 0 spiro atoms. The van der Waals surface area contributed by atoms with Gasteiger partial charge in [-0.1, -0.05) is 25.1 Å². The second-order valence-electron chi connectivity index (χ2n) is 7.65. The van der Waals surface area contributed by atoms with Crippen LogP contribution in [-0.2, 0) is 22.4 Å². The molecule has 0 aliphatic carbocycles. The molecule has 2 aromatic heterocycles. The van der Waals surface area contributed by atoms with Crippen molar-refractivity contribution in [3.05, 3.63) is 77.1 Å². The number of hydrogen-bond acceptors (Lipinski definition) is 6. The lowest BCUT2D eigenvalue weighted by molar-refractivity contribution is -0.123. The molecule has 0 fully saturated rings. The van der Waals surface area contributed by atoms with Crippen molar-refractivity contribution in [3.63, 3.8) is 0 Å². The fourth-order valence-corrected chi connectivity index (χ4v) is 4.50. The van der Waals surface area contributed by atoms with E-state index in [9.17, 15) is 9.59 Å². The van der Waals surface area contributed by atoms with E-state index in [1.807, 2.05) is 37.5 Å². The van der Waals surface area contributed by atoms with Gasteiger partial charge in [0.2, 0.25) is 5.78 Å². The van der Waals surface area contributed by atoms with Crippen LogP contribution >= 0.6 is 0 Å². The molecule has 2 amide bonds. The second-order valence-corrected chi connectivity index (χ2v) is 7.65. The van der Waals surface area contributed by atoms with Crippen molar-refractivity contribution >= 4 is 34.6 Å². The topological polar surface area (TPSA) is 92.0 Å². The fourth-order valence-electron chi connectivity index (χ4n) is 4.50. The number of carbonyl (C=O) groups excluding carboxylic acids is 2. The molecule has 0 saturated heterocycles. The van der Waals surface area contributed by atoms with Gasteiger partial charge in [-0.15, -0.1) is 0 Å². The van der Waals surface area contributed by atoms with Crippen LogP contribution in [-0.4, -0.2) is 38.4 Å². The number of aliphatic imine (C=N–C) groups is 1. The summed E-state index contributed by atoms with van der Waals surface area (Å²) in [5.41, 5.74) is 5.53. The minimum Gasteiger partial charge on any atom is -0.345 e. The normalized spacial score (nSPS) is 17.3. The predicted octanol–water partition coefficient (Wildman–Crippen LogP) is 2.04. The molecule has 152 valence electrons. The second kappa shape index (κ2) is 6.46. The average molecular weight is 410 g/mol. The number of aromatic nitrogens is 3. The molecule has 1 N–H and O–H groups in total. The van der Waals surface area contributed by atoms with Gasteiger partial charge in [-0.2, -0.15) is 0 Å². The number of nitrogens with one attached hydrogen (secondary N) is 1. The Morgan fingerprint density at radius 1 is 1.13 bits per heavy atom. The Balaban J connectivity index is 1.61. The van der Waals surface area contributed by atoms with Crippen LogP contribution in [0.2, 0.25) is 0 Å². The number of benzene rings is 1. The summed E-state index contributed by atoms with van der Waals surface area (Å²) < 4.78 is 1.74. The third-order valence-electron chi connectivity index (χ3n) is 5.96. The first kappa shape index (κ1) is 17.8. The first-order valence-corrected chi connectivity index (χ1v) is 10.2. The SMILES string of the molecule is CCc1ccn2c(C3=C(C4=NC=CN5CCc6cccc4c65)C(=O)NC3=O)cnc2n1. The molecule has 6 rings (SSSR count). The number of carbonyl (C=O) groups is 2. The molecule has 8 nitrogen and oxygen atoms in total. The van der Waals surface area contributed by atoms with Gasteiger partial charge in [-0.25, -0.2) is 9.97 Å². The maximum atomic E-state index is 13.0. The number of hydrogen-bond donors (Lipinski definition) is 1. The Labute approximate surface area is 177 Å². The minimum atomic E-state index is -0.457.